The van der Waals surface area contributed by atoms with Gasteiger partial charge in [0.1, 0.15) is 24.4 Å². The lowest BCUT2D eigenvalue weighted by atomic mass is 9.99. The zero-order valence-corrected chi connectivity index (χ0v) is 57.0. The number of hydrogen-bond acceptors (Lipinski definition) is 10. The van der Waals surface area contributed by atoms with Crippen molar-refractivity contribution in [2.45, 2.75) is 416 Å². The van der Waals surface area contributed by atoms with Gasteiger partial charge in [-0.15, -0.1) is 0 Å². The number of nitrogens with one attached hydrogen (secondary N) is 1. The number of allylic oxidation sites excluding steroid dienone is 5. The van der Waals surface area contributed by atoms with Gasteiger partial charge in [0.2, 0.25) is 5.91 Å². The first kappa shape index (κ1) is 82.9. The molecule has 1 fully saturated rings. The Kier molecular flexibility index (Phi) is 62.3. The van der Waals surface area contributed by atoms with Gasteiger partial charge in [0.25, 0.3) is 0 Å². The van der Waals surface area contributed by atoms with E-state index in [-0.39, 0.29) is 18.5 Å². The fourth-order valence-electron chi connectivity index (χ4n) is 12.0. The Bertz CT molecular complexity index is 1540. The van der Waals surface area contributed by atoms with Gasteiger partial charge < -0.3 is 45.1 Å². The molecule has 1 heterocycles. The van der Waals surface area contributed by atoms with Crippen molar-refractivity contribution in [2.24, 2.45) is 0 Å². The number of aliphatic hydroxyl groups is 5. The molecule has 6 N–H and O–H groups in total. The molecule has 0 spiro atoms. The molecular formula is C76H143NO10. The summed E-state index contributed by atoms with van der Waals surface area (Å²) in [5.41, 5.74) is 0. The highest BCUT2D eigenvalue weighted by molar-refractivity contribution is 5.76. The lowest BCUT2D eigenvalue weighted by Gasteiger charge is -2.40. The van der Waals surface area contributed by atoms with Crippen molar-refractivity contribution in [3.8, 4) is 0 Å². The highest BCUT2D eigenvalue weighted by Crippen LogP contribution is 2.23. The molecule has 1 amide bonds. The average molecular weight is 1230 g/mol. The van der Waals surface area contributed by atoms with Crippen LogP contribution in [0.15, 0.2) is 36.5 Å². The Morgan fingerprint density at radius 2 is 0.736 bits per heavy atom. The molecule has 512 valence electrons. The standard InChI is InChI=1S/C76H143NO10/c1-3-5-7-9-11-13-14-15-37-41-44-48-52-56-60-64-72(81)85-65-61-57-53-49-45-42-39-36-34-32-30-28-26-24-22-20-18-16-17-19-21-23-25-27-29-31-33-35-38-40-43-47-51-55-59-63-71(80)77-68(69(79)62-58-54-50-46-12-10-8-6-4-2)67-86-76-75(84)74(83)73(82)70(66-78)87-76/h15,18,20,37,58,62,68-70,73-76,78-79,82-84H,3-14,16-17,19,21-36,38-57,59-61,63-67H2,1-2H3,(H,77,80)/b20-18-,37-15-,62-58+. The van der Waals surface area contributed by atoms with Crippen molar-refractivity contribution in [3.05, 3.63) is 36.5 Å². The van der Waals surface area contributed by atoms with Gasteiger partial charge in [-0.05, 0) is 83.5 Å². The average Bonchev–Trinajstić information content (AvgIpc) is 3.66. The Morgan fingerprint density at radius 3 is 1.10 bits per heavy atom. The van der Waals surface area contributed by atoms with E-state index in [1.54, 1.807) is 6.08 Å². The first-order valence-corrected chi connectivity index (χ1v) is 37.8. The summed E-state index contributed by atoms with van der Waals surface area (Å²) in [6, 6.07) is -0.806. The van der Waals surface area contributed by atoms with Crippen LogP contribution in [-0.4, -0.2) is 100 Å². The molecule has 1 saturated heterocycles. The minimum atomic E-state index is -1.57. The number of hydrogen-bond donors (Lipinski definition) is 6. The molecule has 0 aromatic rings. The van der Waals surface area contributed by atoms with Crippen LogP contribution in [0.25, 0.3) is 0 Å². The number of carbonyl (C=O) groups is 2. The second kappa shape index (κ2) is 65.4. The third kappa shape index (κ3) is 54.2. The minimum absolute atomic E-state index is 0.00596. The van der Waals surface area contributed by atoms with Gasteiger partial charge >= 0.3 is 5.97 Å². The Labute approximate surface area is 536 Å². The van der Waals surface area contributed by atoms with E-state index >= 15 is 0 Å². The normalized spacial score (nSPS) is 18.0. The summed E-state index contributed by atoms with van der Waals surface area (Å²) < 4.78 is 16.7. The van der Waals surface area contributed by atoms with Crippen molar-refractivity contribution in [1.29, 1.82) is 0 Å². The van der Waals surface area contributed by atoms with Crippen molar-refractivity contribution < 1.29 is 49.3 Å². The van der Waals surface area contributed by atoms with Gasteiger partial charge in [-0.2, -0.15) is 0 Å². The molecule has 87 heavy (non-hydrogen) atoms. The summed E-state index contributed by atoms with van der Waals surface area (Å²) >= 11 is 0. The summed E-state index contributed by atoms with van der Waals surface area (Å²) in [5, 5.41) is 54.3. The molecule has 0 radical (unpaired) electrons. The van der Waals surface area contributed by atoms with E-state index in [4.69, 9.17) is 14.2 Å². The molecule has 0 bridgehead atoms. The van der Waals surface area contributed by atoms with Crippen LogP contribution in [0.5, 0.6) is 0 Å². The van der Waals surface area contributed by atoms with Gasteiger partial charge in [-0.1, -0.05) is 314 Å². The molecule has 7 unspecified atom stereocenters. The van der Waals surface area contributed by atoms with E-state index in [0.29, 0.717) is 19.4 Å². The van der Waals surface area contributed by atoms with Crippen molar-refractivity contribution in [1.82, 2.24) is 5.32 Å². The topological polar surface area (TPSA) is 175 Å². The fourth-order valence-corrected chi connectivity index (χ4v) is 12.0. The number of aliphatic hydroxyl groups excluding tert-OH is 5. The van der Waals surface area contributed by atoms with Gasteiger partial charge in [0.15, 0.2) is 6.29 Å². The lowest BCUT2D eigenvalue weighted by Crippen LogP contribution is -2.60. The van der Waals surface area contributed by atoms with Gasteiger partial charge in [0.05, 0.1) is 32.0 Å². The van der Waals surface area contributed by atoms with Gasteiger partial charge in [-0.25, -0.2) is 0 Å². The lowest BCUT2D eigenvalue weighted by molar-refractivity contribution is -0.302. The van der Waals surface area contributed by atoms with E-state index in [9.17, 15) is 35.1 Å². The smallest absolute Gasteiger partial charge is 0.305 e. The summed E-state index contributed by atoms with van der Waals surface area (Å²) in [4.78, 5) is 25.1. The van der Waals surface area contributed by atoms with E-state index in [1.807, 2.05) is 6.08 Å². The summed E-state index contributed by atoms with van der Waals surface area (Å²) in [6.45, 7) is 4.35. The number of esters is 1. The Hall–Kier alpha value is -2.12. The molecule has 1 aliphatic heterocycles. The highest BCUT2D eigenvalue weighted by atomic mass is 16.7. The van der Waals surface area contributed by atoms with Crippen LogP contribution in [0.4, 0.5) is 0 Å². The van der Waals surface area contributed by atoms with Crippen LogP contribution < -0.4 is 5.32 Å². The largest absolute Gasteiger partial charge is 0.466 e. The minimum Gasteiger partial charge on any atom is -0.466 e. The third-order valence-corrected chi connectivity index (χ3v) is 18.0. The highest BCUT2D eigenvalue weighted by Gasteiger charge is 2.44. The molecule has 0 aromatic carbocycles. The monoisotopic (exact) mass is 1230 g/mol. The predicted octanol–water partition coefficient (Wildman–Crippen LogP) is 19.7. The number of ether oxygens (including phenoxy) is 3. The molecule has 11 nitrogen and oxygen atoms in total. The molecule has 1 aliphatic rings. The number of rotatable bonds is 67. The van der Waals surface area contributed by atoms with Crippen LogP contribution >= 0.6 is 0 Å². The zero-order valence-electron chi connectivity index (χ0n) is 57.0. The SMILES string of the molecule is CCCCCCCC/C=C\CCCCCCCC(=O)OCCCCCCCCCCCCCCCC/C=C\CCCCCCCCCCCCCCCCCCCC(=O)NC(COC1OC(CO)C(O)C(O)C1O)C(O)/C=C/CCCCCCCCC. The summed E-state index contributed by atoms with van der Waals surface area (Å²) in [7, 11) is 0. The fraction of sp³-hybridized carbons (Fsp3) is 0.895. The van der Waals surface area contributed by atoms with Crippen LogP contribution in [0, 0.1) is 0 Å². The van der Waals surface area contributed by atoms with Crippen LogP contribution in [0.2, 0.25) is 0 Å². The van der Waals surface area contributed by atoms with E-state index in [0.717, 1.165) is 57.8 Å². The second-order valence-corrected chi connectivity index (χ2v) is 26.3. The zero-order chi connectivity index (χ0) is 63.0. The maximum atomic E-state index is 13.0. The van der Waals surface area contributed by atoms with Crippen molar-refractivity contribution in [3.63, 3.8) is 0 Å². The quantitative estimate of drug-likeness (QED) is 0.0195. The molecule has 0 saturated carbocycles. The molecule has 0 aliphatic carbocycles. The third-order valence-electron chi connectivity index (χ3n) is 18.0. The molecule has 11 heteroatoms. The number of amides is 1. The Morgan fingerprint density at radius 1 is 0.414 bits per heavy atom. The second-order valence-electron chi connectivity index (χ2n) is 26.3. The maximum Gasteiger partial charge on any atom is 0.305 e. The molecule has 0 aromatic heterocycles. The number of carbonyl (C=O) groups excluding carboxylic acids is 2. The van der Waals surface area contributed by atoms with E-state index in [2.05, 4.69) is 43.5 Å². The van der Waals surface area contributed by atoms with Crippen LogP contribution in [-0.2, 0) is 23.8 Å². The van der Waals surface area contributed by atoms with Gasteiger partial charge in [-0.3, -0.25) is 9.59 Å². The van der Waals surface area contributed by atoms with Crippen LogP contribution in [0.1, 0.15) is 373 Å². The first-order valence-electron chi connectivity index (χ1n) is 37.8. The summed E-state index contributed by atoms with van der Waals surface area (Å²) in [5.74, 6) is -0.173. The predicted molar refractivity (Wildman–Crippen MR) is 366 cm³/mol. The first-order chi connectivity index (χ1) is 42.7. The number of unbranched alkanes of at least 4 members (excludes halogenated alkanes) is 49. The molecule has 1 rings (SSSR count). The summed E-state index contributed by atoms with van der Waals surface area (Å²) in [6.07, 6.45) is 74.7. The van der Waals surface area contributed by atoms with Crippen molar-refractivity contribution in [2.75, 3.05) is 19.8 Å². The van der Waals surface area contributed by atoms with Gasteiger partial charge in [0, 0.05) is 12.8 Å². The Balaban J connectivity index is 1.87. The van der Waals surface area contributed by atoms with E-state index < -0.39 is 49.5 Å². The van der Waals surface area contributed by atoms with E-state index in [1.165, 1.54) is 289 Å². The van der Waals surface area contributed by atoms with Crippen LogP contribution in [0.3, 0.4) is 0 Å². The maximum absolute atomic E-state index is 13.0. The molecular weight excluding hydrogens is 1090 g/mol. The molecule has 7 atom stereocenters. The van der Waals surface area contributed by atoms with Crippen molar-refractivity contribution >= 4 is 11.9 Å².